The van der Waals surface area contributed by atoms with E-state index in [0.717, 1.165) is 10.5 Å². The normalized spacial score (nSPS) is 17.5. The summed E-state index contributed by atoms with van der Waals surface area (Å²) in [7, 11) is 3.04. The number of fused-ring (bicyclic) bond motifs is 1. The van der Waals surface area contributed by atoms with E-state index in [4.69, 9.17) is 4.42 Å². The minimum atomic E-state index is -1.14. The number of oxazole rings is 1. The van der Waals surface area contributed by atoms with Crippen LogP contribution in [0.25, 0.3) is 11.1 Å². The average Bonchev–Trinajstić information content (AvgIpc) is 3.34. The molecule has 5 amide bonds. The number of likely N-dealkylation sites (tertiary alicyclic amines) is 1. The van der Waals surface area contributed by atoms with E-state index in [1.807, 2.05) is 0 Å². The summed E-state index contributed by atoms with van der Waals surface area (Å²) in [5.41, 5.74) is 1.17. The molecular formula is C30H34FN5O6. The molecule has 3 aromatic rings. The van der Waals surface area contributed by atoms with Gasteiger partial charge in [-0.25, -0.2) is 14.0 Å². The molecule has 3 heterocycles. The van der Waals surface area contributed by atoms with E-state index in [9.17, 15) is 28.4 Å². The van der Waals surface area contributed by atoms with E-state index >= 15 is 0 Å². The summed E-state index contributed by atoms with van der Waals surface area (Å²) in [4.78, 5) is 69.4. The van der Waals surface area contributed by atoms with Gasteiger partial charge in [0.05, 0.1) is 11.1 Å². The summed E-state index contributed by atoms with van der Waals surface area (Å²) in [5.74, 6) is -2.78. The first kappa shape index (κ1) is 29.0. The molecular weight excluding hydrogens is 545 g/mol. The average molecular weight is 580 g/mol. The van der Waals surface area contributed by atoms with Crippen LogP contribution in [-0.4, -0.2) is 74.7 Å². The van der Waals surface area contributed by atoms with Gasteiger partial charge >= 0.3 is 11.8 Å². The molecule has 2 fully saturated rings. The second kappa shape index (κ2) is 10.7. The summed E-state index contributed by atoms with van der Waals surface area (Å²) >= 11 is 0. The number of rotatable bonds is 6. The maximum atomic E-state index is 14.3. The standard InChI is InChI=1S/C30H34FN5O6/c1-17(2)24(32-25(37)20-14-18(3)6-8-21(20)31)26(38)35-12-10-30(11-13-35)27(39)34(5)28(40)36(30)16-19-7-9-23-22(15-19)33(4)29(41)42-23/h6-9,14-15,17,24H,10-13,16H2,1-5H3,(H,32,37)/t24-/m1/s1. The monoisotopic (exact) mass is 579 g/mol. The number of aromatic nitrogens is 1. The predicted molar refractivity (Wildman–Crippen MR) is 151 cm³/mol. The molecule has 2 aliphatic rings. The summed E-state index contributed by atoms with van der Waals surface area (Å²) < 4.78 is 20.9. The molecule has 222 valence electrons. The van der Waals surface area contributed by atoms with Crippen molar-refractivity contribution in [2.45, 2.75) is 51.7 Å². The quantitative estimate of drug-likeness (QED) is 0.448. The van der Waals surface area contributed by atoms with Crippen molar-refractivity contribution in [2.75, 3.05) is 20.1 Å². The van der Waals surface area contributed by atoms with Crippen molar-refractivity contribution in [3.63, 3.8) is 0 Å². The fourth-order valence-corrected chi connectivity index (χ4v) is 5.87. The molecule has 12 heteroatoms. The fraction of sp³-hybridized carbons (Fsp3) is 0.433. The van der Waals surface area contributed by atoms with Crippen molar-refractivity contribution in [1.82, 2.24) is 24.6 Å². The van der Waals surface area contributed by atoms with Crippen LogP contribution in [0.4, 0.5) is 9.18 Å². The number of urea groups is 1. The molecule has 11 nitrogen and oxygen atoms in total. The highest BCUT2D eigenvalue weighted by Gasteiger charge is 2.57. The summed E-state index contributed by atoms with van der Waals surface area (Å²) in [6.07, 6.45) is 0.427. The first-order chi connectivity index (χ1) is 19.8. The van der Waals surface area contributed by atoms with Crippen molar-refractivity contribution in [3.8, 4) is 0 Å². The number of halogens is 1. The number of benzene rings is 2. The Hall–Kier alpha value is -4.48. The Labute approximate surface area is 241 Å². The number of carbonyl (C=O) groups excluding carboxylic acids is 4. The number of amides is 5. The molecule has 2 aliphatic heterocycles. The van der Waals surface area contributed by atoms with Crippen LogP contribution < -0.4 is 11.1 Å². The Bertz CT molecular complexity index is 1650. The highest BCUT2D eigenvalue weighted by atomic mass is 19.1. The lowest BCUT2D eigenvalue weighted by Crippen LogP contribution is -2.60. The van der Waals surface area contributed by atoms with Crippen LogP contribution in [0.5, 0.6) is 0 Å². The smallest absolute Gasteiger partial charge is 0.408 e. The van der Waals surface area contributed by atoms with Crippen LogP contribution in [-0.2, 0) is 23.2 Å². The van der Waals surface area contributed by atoms with Gasteiger partial charge in [0, 0.05) is 33.7 Å². The van der Waals surface area contributed by atoms with Crippen molar-refractivity contribution in [2.24, 2.45) is 13.0 Å². The van der Waals surface area contributed by atoms with Gasteiger partial charge in [0.15, 0.2) is 5.58 Å². The second-order valence-electron chi connectivity index (χ2n) is 11.5. The third kappa shape index (κ3) is 4.84. The SMILES string of the molecule is Cc1ccc(F)c(C(=O)N[C@@H](C(=O)N2CCC3(CC2)C(=O)N(C)C(=O)N3Cc2ccc3oc(=O)n(C)c3c2)C(C)C)c1. The number of nitrogens with one attached hydrogen (secondary N) is 1. The molecule has 1 aromatic heterocycles. The van der Waals surface area contributed by atoms with E-state index in [-0.39, 0.29) is 55.8 Å². The Morgan fingerprint density at radius 3 is 2.40 bits per heavy atom. The number of hydrogen-bond acceptors (Lipinski definition) is 6. The molecule has 0 bridgehead atoms. The van der Waals surface area contributed by atoms with E-state index in [1.54, 1.807) is 61.9 Å². The Kier molecular flexibility index (Phi) is 7.42. The predicted octanol–water partition coefficient (Wildman–Crippen LogP) is 2.79. The van der Waals surface area contributed by atoms with Gasteiger partial charge in [-0.2, -0.15) is 0 Å². The van der Waals surface area contributed by atoms with Gasteiger partial charge in [-0.3, -0.25) is 23.9 Å². The third-order valence-electron chi connectivity index (χ3n) is 8.42. The largest absolute Gasteiger partial charge is 0.419 e. The molecule has 0 radical (unpaired) electrons. The van der Waals surface area contributed by atoms with Crippen LogP contribution in [0.2, 0.25) is 0 Å². The van der Waals surface area contributed by atoms with E-state index in [2.05, 4.69) is 5.32 Å². The van der Waals surface area contributed by atoms with Crippen LogP contribution in [0.15, 0.2) is 45.6 Å². The minimum Gasteiger partial charge on any atom is -0.408 e. The minimum absolute atomic E-state index is 0.130. The topological polar surface area (TPSA) is 125 Å². The van der Waals surface area contributed by atoms with Gasteiger partial charge < -0.3 is 19.5 Å². The molecule has 0 aliphatic carbocycles. The number of aryl methyl sites for hydroxylation is 2. The van der Waals surface area contributed by atoms with Gasteiger partial charge in [-0.1, -0.05) is 31.5 Å². The summed E-state index contributed by atoms with van der Waals surface area (Å²) in [6.45, 7) is 5.85. The second-order valence-corrected chi connectivity index (χ2v) is 11.5. The third-order valence-corrected chi connectivity index (χ3v) is 8.42. The Morgan fingerprint density at radius 2 is 1.74 bits per heavy atom. The number of nitrogens with zero attached hydrogens (tertiary/aromatic N) is 4. The Balaban J connectivity index is 1.34. The maximum absolute atomic E-state index is 14.3. The van der Waals surface area contributed by atoms with Gasteiger partial charge in [0.1, 0.15) is 17.4 Å². The molecule has 0 unspecified atom stereocenters. The zero-order chi connectivity index (χ0) is 30.5. The van der Waals surface area contributed by atoms with Gasteiger partial charge in [-0.15, -0.1) is 0 Å². The van der Waals surface area contributed by atoms with Crippen molar-refractivity contribution < 1.29 is 28.0 Å². The van der Waals surface area contributed by atoms with E-state index < -0.39 is 35.1 Å². The van der Waals surface area contributed by atoms with Crippen molar-refractivity contribution in [1.29, 1.82) is 0 Å². The van der Waals surface area contributed by atoms with Crippen molar-refractivity contribution in [3.05, 3.63) is 69.5 Å². The lowest BCUT2D eigenvalue weighted by atomic mass is 9.85. The van der Waals surface area contributed by atoms with Crippen LogP contribution >= 0.6 is 0 Å². The van der Waals surface area contributed by atoms with Gasteiger partial charge in [0.2, 0.25) is 5.91 Å². The van der Waals surface area contributed by atoms with E-state index in [1.165, 1.54) is 23.7 Å². The molecule has 2 aromatic carbocycles. The molecule has 1 atom stereocenters. The molecule has 0 saturated carbocycles. The fourth-order valence-electron chi connectivity index (χ4n) is 5.87. The summed E-state index contributed by atoms with van der Waals surface area (Å²) in [6, 6.07) is 8.06. The number of likely N-dealkylation sites (N-methyl/N-ethyl adjacent to an activating group) is 1. The molecule has 5 rings (SSSR count). The number of carbonyl (C=O) groups is 4. The lowest BCUT2D eigenvalue weighted by molar-refractivity contribution is -0.142. The first-order valence-corrected chi connectivity index (χ1v) is 13.9. The maximum Gasteiger partial charge on any atom is 0.419 e. The Morgan fingerprint density at radius 1 is 1.05 bits per heavy atom. The molecule has 2 saturated heterocycles. The van der Waals surface area contributed by atoms with Crippen LogP contribution in [0.1, 0.15) is 48.2 Å². The summed E-state index contributed by atoms with van der Waals surface area (Å²) in [5, 5.41) is 2.70. The lowest BCUT2D eigenvalue weighted by Gasteiger charge is -2.43. The molecule has 1 spiro atoms. The van der Waals surface area contributed by atoms with Gasteiger partial charge in [-0.05, 0) is 55.5 Å². The molecule has 1 N–H and O–H groups in total. The number of piperidine rings is 1. The van der Waals surface area contributed by atoms with Crippen molar-refractivity contribution >= 4 is 34.9 Å². The number of hydrogen-bond donors (Lipinski definition) is 1. The van der Waals surface area contributed by atoms with E-state index in [0.29, 0.717) is 16.7 Å². The molecule has 42 heavy (non-hydrogen) atoms. The van der Waals surface area contributed by atoms with Gasteiger partial charge in [0.25, 0.3) is 11.8 Å². The number of imide groups is 1. The highest BCUT2D eigenvalue weighted by Crippen LogP contribution is 2.38. The van der Waals surface area contributed by atoms with Crippen LogP contribution in [0.3, 0.4) is 0 Å². The zero-order valence-corrected chi connectivity index (χ0v) is 24.3. The zero-order valence-electron chi connectivity index (χ0n) is 24.3. The highest BCUT2D eigenvalue weighted by molar-refractivity contribution is 6.07. The first-order valence-electron chi connectivity index (χ1n) is 13.9. The van der Waals surface area contributed by atoms with Crippen LogP contribution in [0, 0.1) is 18.7 Å².